The predicted octanol–water partition coefficient (Wildman–Crippen LogP) is 4.78. The predicted molar refractivity (Wildman–Crippen MR) is 125 cm³/mol. The van der Waals surface area contributed by atoms with Gasteiger partial charge in [-0.25, -0.2) is 8.42 Å². The second-order valence-electron chi connectivity index (χ2n) is 7.79. The van der Waals surface area contributed by atoms with Crippen molar-refractivity contribution in [1.29, 1.82) is 0 Å². The van der Waals surface area contributed by atoms with E-state index in [0.29, 0.717) is 23.4 Å². The molecule has 0 aliphatic rings. The number of amides is 1. The minimum Gasteiger partial charge on any atom is -0.352 e. The number of hydrogen-bond donors (Lipinski definition) is 2. The van der Waals surface area contributed by atoms with Crippen LogP contribution < -0.4 is 10.0 Å². The molecule has 0 saturated heterocycles. The monoisotopic (exact) mass is 436 g/mol. The molecule has 2 N–H and O–H groups in total. The molecule has 162 valence electrons. The molecule has 31 heavy (non-hydrogen) atoms. The van der Waals surface area contributed by atoms with Crippen LogP contribution in [-0.4, -0.2) is 20.9 Å². The Morgan fingerprint density at radius 1 is 0.839 bits per heavy atom. The zero-order chi connectivity index (χ0) is 22.4. The van der Waals surface area contributed by atoms with Gasteiger partial charge >= 0.3 is 0 Å². The summed E-state index contributed by atoms with van der Waals surface area (Å²) in [6.45, 7) is 6.32. The molecule has 3 aromatic carbocycles. The number of nitrogens with one attached hydrogen (secondary N) is 2. The highest BCUT2D eigenvalue weighted by Gasteiger charge is 2.16. The van der Waals surface area contributed by atoms with Crippen molar-refractivity contribution in [2.45, 2.75) is 38.5 Å². The lowest BCUT2D eigenvalue weighted by Gasteiger charge is -2.12. The molecule has 0 aromatic heterocycles. The van der Waals surface area contributed by atoms with Gasteiger partial charge in [0.25, 0.3) is 15.9 Å². The van der Waals surface area contributed by atoms with E-state index < -0.39 is 10.0 Å². The minimum absolute atomic E-state index is 0.167. The maximum Gasteiger partial charge on any atom is 0.261 e. The fourth-order valence-corrected chi connectivity index (χ4v) is 4.32. The van der Waals surface area contributed by atoms with E-state index in [2.05, 4.69) is 41.2 Å². The van der Waals surface area contributed by atoms with Gasteiger partial charge < -0.3 is 5.32 Å². The molecule has 0 radical (unpaired) electrons. The van der Waals surface area contributed by atoms with E-state index >= 15 is 0 Å². The highest BCUT2D eigenvalue weighted by atomic mass is 32.2. The van der Waals surface area contributed by atoms with Crippen molar-refractivity contribution in [1.82, 2.24) is 5.32 Å². The third kappa shape index (κ3) is 6.18. The molecule has 0 saturated carbocycles. The Balaban J connectivity index is 1.57. The average Bonchev–Trinajstić information content (AvgIpc) is 2.74. The summed E-state index contributed by atoms with van der Waals surface area (Å²) >= 11 is 0. The number of carbonyl (C=O) groups excluding carboxylic acids is 1. The van der Waals surface area contributed by atoms with Crippen molar-refractivity contribution in [2.24, 2.45) is 0 Å². The Kier molecular flexibility index (Phi) is 7.13. The molecule has 3 rings (SSSR count). The number of sulfonamides is 1. The standard InChI is InChI=1S/C25H28N2O3S/c1-18-6-10-21(11-7-18)5-4-16-26-25(28)22-12-15-24(20(3)17-22)27-31(29,30)23-13-8-19(2)9-14-23/h6-15,17,27H,4-5,16H2,1-3H3,(H,26,28). The summed E-state index contributed by atoms with van der Waals surface area (Å²) < 4.78 is 27.8. The smallest absolute Gasteiger partial charge is 0.261 e. The molecule has 0 atom stereocenters. The average molecular weight is 437 g/mol. The van der Waals surface area contributed by atoms with Crippen molar-refractivity contribution in [2.75, 3.05) is 11.3 Å². The molecule has 0 fully saturated rings. The summed E-state index contributed by atoms with van der Waals surface area (Å²) in [6, 6.07) is 20.0. The molecular weight excluding hydrogens is 408 g/mol. The first-order valence-electron chi connectivity index (χ1n) is 10.3. The molecule has 0 unspecified atom stereocenters. The van der Waals surface area contributed by atoms with Gasteiger partial charge in [-0.05, 0) is 75.1 Å². The normalized spacial score (nSPS) is 11.2. The highest BCUT2D eigenvalue weighted by molar-refractivity contribution is 7.92. The van der Waals surface area contributed by atoms with E-state index in [9.17, 15) is 13.2 Å². The Labute approximate surface area is 184 Å². The van der Waals surface area contributed by atoms with Crippen molar-refractivity contribution < 1.29 is 13.2 Å². The van der Waals surface area contributed by atoms with Crippen molar-refractivity contribution in [3.63, 3.8) is 0 Å². The van der Waals surface area contributed by atoms with Crippen LogP contribution in [0.2, 0.25) is 0 Å². The molecule has 5 nitrogen and oxygen atoms in total. The zero-order valence-corrected chi connectivity index (χ0v) is 18.9. The summed E-state index contributed by atoms with van der Waals surface area (Å²) in [4.78, 5) is 12.7. The Bertz CT molecular complexity index is 1150. The maximum atomic E-state index is 12.6. The molecule has 1 amide bonds. The van der Waals surface area contributed by atoms with E-state index in [1.807, 2.05) is 6.92 Å². The van der Waals surface area contributed by atoms with Gasteiger partial charge in [-0.15, -0.1) is 0 Å². The molecule has 0 bridgehead atoms. The summed E-state index contributed by atoms with van der Waals surface area (Å²) in [6.07, 6.45) is 1.75. The van der Waals surface area contributed by atoms with Crippen LogP contribution in [0.25, 0.3) is 0 Å². The van der Waals surface area contributed by atoms with Crippen LogP contribution in [-0.2, 0) is 16.4 Å². The number of hydrogen-bond acceptors (Lipinski definition) is 3. The first-order valence-corrected chi connectivity index (χ1v) is 11.8. The van der Waals surface area contributed by atoms with Gasteiger partial charge in [0.1, 0.15) is 0 Å². The van der Waals surface area contributed by atoms with Crippen LogP contribution in [0.15, 0.2) is 71.6 Å². The van der Waals surface area contributed by atoms with Crippen LogP contribution in [0.4, 0.5) is 5.69 Å². The Hall–Kier alpha value is -3.12. The lowest BCUT2D eigenvalue weighted by molar-refractivity contribution is 0.0953. The molecule has 0 heterocycles. The van der Waals surface area contributed by atoms with Crippen molar-refractivity contribution in [3.8, 4) is 0 Å². The van der Waals surface area contributed by atoms with E-state index in [4.69, 9.17) is 0 Å². The highest BCUT2D eigenvalue weighted by Crippen LogP contribution is 2.21. The number of anilines is 1. The lowest BCUT2D eigenvalue weighted by atomic mass is 10.1. The summed E-state index contributed by atoms with van der Waals surface area (Å²) in [5.74, 6) is -0.167. The second kappa shape index (κ2) is 9.79. The zero-order valence-electron chi connectivity index (χ0n) is 18.1. The van der Waals surface area contributed by atoms with E-state index in [1.165, 1.54) is 11.1 Å². The minimum atomic E-state index is -3.68. The largest absolute Gasteiger partial charge is 0.352 e. The van der Waals surface area contributed by atoms with Crippen LogP contribution in [0, 0.1) is 20.8 Å². The van der Waals surface area contributed by atoms with Gasteiger partial charge in [0, 0.05) is 12.1 Å². The van der Waals surface area contributed by atoms with E-state index in [-0.39, 0.29) is 10.8 Å². The molecule has 0 aliphatic carbocycles. The fraction of sp³-hybridized carbons (Fsp3) is 0.240. The van der Waals surface area contributed by atoms with Gasteiger partial charge in [-0.2, -0.15) is 0 Å². The van der Waals surface area contributed by atoms with Crippen LogP contribution in [0.1, 0.15) is 39.0 Å². The molecular formula is C25H28N2O3S. The summed E-state index contributed by atoms with van der Waals surface area (Å²) in [5.41, 5.74) is 5.12. The molecule has 0 aliphatic heterocycles. The maximum absolute atomic E-state index is 12.6. The van der Waals surface area contributed by atoms with Crippen LogP contribution >= 0.6 is 0 Å². The van der Waals surface area contributed by atoms with Gasteiger partial charge in [-0.1, -0.05) is 47.5 Å². The van der Waals surface area contributed by atoms with Crippen molar-refractivity contribution in [3.05, 3.63) is 94.5 Å². The number of aryl methyl sites for hydroxylation is 4. The van der Waals surface area contributed by atoms with Gasteiger partial charge in [-0.3, -0.25) is 9.52 Å². The Morgan fingerprint density at radius 2 is 1.45 bits per heavy atom. The Morgan fingerprint density at radius 3 is 2.06 bits per heavy atom. The summed E-state index contributed by atoms with van der Waals surface area (Å²) in [7, 11) is -3.68. The van der Waals surface area contributed by atoms with Crippen LogP contribution in [0.3, 0.4) is 0 Å². The van der Waals surface area contributed by atoms with Gasteiger partial charge in [0.15, 0.2) is 0 Å². The topological polar surface area (TPSA) is 75.3 Å². The van der Waals surface area contributed by atoms with E-state index in [0.717, 1.165) is 18.4 Å². The molecule has 3 aromatic rings. The first kappa shape index (κ1) is 22.6. The molecule has 6 heteroatoms. The third-order valence-electron chi connectivity index (χ3n) is 5.11. The number of benzene rings is 3. The van der Waals surface area contributed by atoms with E-state index in [1.54, 1.807) is 49.4 Å². The summed E-state index contributed by atoms with van der Waals surface area (Å²) in [5, 5.41) is 2.93. The fourth-order valence-electron chi connectivity index (χ4n) is 3.19. The second-order valence-corrected chi connectivity index (χ2v) is 9.48. The quantitative estimate of drug-likeness (QED) is 0.499. The van der Waals surface area contributed by atoms with Gasteiger partial charge in [0.05, 0.1) is 10.6 Å². The SMILES string of the molecule is Cc1ccc(CCCNC(=O)c2ccc(NS(=O)(=O)c3ccc(C)cc3)c(C)c2)cc1. The van der Waals surface area contributed by atoms with Crippen molar-refractivity contribution >= 4 is 21.6 Å². The van der Waals surface area contributed by atoms with Crippen LogP contribution in [0.5, 0.6) is 0 Å². The molecule has 0 spiro atoms. The number of carbonyl (C=O) groups is 1. The lowest BCUT2D eigenvalue weighted by Crippen LogP contribution is -2.25. The number of rotatable bonds is 8. The first-order chi connectivity index (χ1) is 14.7. The third-order valence-corrected chi connectivity index (χ3v) is 6.49. The van der Waals surface area contributed by atoms with Gasteiger partial charge in [0.2, 0.25) is 0 Å².